The Balaban J connectivity index is 1.78. The Morgan fingerprint density at radius 1 is 1.00 bits per heavy atom. The molecular weight excluding hydrogens is 222 g/mol. The number of hydrogen-bond donors (Lipinski definition) is 1. The van der Waals surface area contributed by atoms with Crippen molar-refractivity contribution in [3.05, 3.63) is 23.8 Å². The van der Waals surface area contributed by atoms with Gasteiger partial charge >= 0.3 is 0 Å². The highest BCUT2D eigenvalue weighted by Gasteiger charge is 2.38. The fourth-order valence-electron chi connectivity index (χ4n) is 4.19. The van der Waals surface area contributed by atoms with Crippen molar-refractivity contribution in [2.24, 2.45) is 5.84 Å². The highest BCUT2D eigenvalue weighted by atomic mass is 15.4. The summed E-state index contributed by atoms with van der Waals surface area (Å²) in [5.41, 5.74) is 4.21. The number of nitrogens with two attached hydrogens (primary N) is 1. The number of fused-ring (bicyclic) bond motifs is 3. The van der Waals surface area contributed by atoms with E-state index in [1.807, 2.05) is 5.01 Å². The van der Waals surface area contributed by atoms with Gasteiger partial charge in [0.1, 0.15) is 0 Å². The lowest BCUT2D eigenvalue weighted by Gasteiger charge is -2.38. The third kappa shape index (κ3) is 1.40. The highest BCUT2D eigenvalue weighted by molar-refractivity contribution is 5.71. The Bertz CT molecular complexity index is 455. The van der Waals surface area contributed by atoms with Gasteiger partial charge in [0.05, 0.1) is 5.69 Å². The molecule has 2 saturated heterocycles. The molecule has 0 saturated carbocycles. The number of anilines is 2. The van der Waals surface area contributed by atoms with Crippen molar-refractivity contribution >= 4 is 11.4 Å². The van der Waals surface area contributed by atoms with Crippen LogP contribution in [0.2, 0.25) is 0 Å². The molecule has 0 aliphatic carbocycles. The molecule has 18 heavy (non-hydrogen) atoms. The Kier molecular flexibility index (Phi) is 2.31. The van der Waals surface area contributed by atoms with E-state index in [4.69, 9.17) is 5.84 Å². The molecule has 0 amide bonds. The molecule has 1 aromatic rings. The molecule has 2 atom stereocenters. The van der Waals surface area contributed by atoms with Crippen LogP contribution in [0.3, 0.4) is 0 Å². The molecule has 4 rings (SSSR count). The molecule has 3 heterocycles. The lowest BCUT2D eigenvalue weighted by molar-refractivity contribution is 0.467. The molecule has 2 bridgehead atoms. The molecule has 3 aliphatic rings. The normalized spacial score (nSPS) is 29.8. The Labute approximate surface area is 109 Å². The van der Waals surface area contributed by atoms with E-state index in [9.17, 15) is 0 Å². The van der Waals surface area contributed by atoms with Gasteiger partial charge in [-0.05, 0) is 50.7 Å². The summed E-state index contributed by atoms with van der Waals surface area (Å²) in [6.07, 6.45) is 8.07. The van der Waals surface area contributed by atoms with Crippen LogP contribution in [0.25, 0.3) is 0 Å². The molecule has 2 N–H and O–H groups in total. The van der Waals surface area contributed by atoms with Crippen molar-refractivity contribution in [1.29, 1.82) is 0 Å². The Hall–Kier alpha value is -1.22. The van der Waals surface area contributed by atoms with Crippen molar-refractivity contribution in [3.63, 3.8) is 0 Å². The van der Waals surface area contributed by atoms with Gasteiger partial charge in [0.15, 0.2) is 0 Å². The minimum Gasteiger partial charge on any atom is -0.365 e. The summed E-state index contributed by atoms with van der Waals surface area (Å²) in [7, 11) is 0. The Morgan fingerprint density at radius 3 is 2.50 bits per heavy atom. The first kappa shape index (κ1) is 10.7. The van der Waals surface area contributed by atoms with Crippen LogP contribution in [-0.2, 0) is 6.42 Å². The maximum Gasteiger partial charge on any atom is 0.0570 e. The van der Waals surface area contributed by atoms with Crippen LogP contribution in [0.1, 0.15) is 37.7 Å². The minimum atomic E-state index is 0.794. The first-order valence-electron chi connectivity index (χ1n) is 7.27. The summed E-state index contributed by atoms with van der Waals surface area (Å²) in [6, 6.07) is 8.24. The smallest absolute Gasteiger partial charge is 0.0570 e. The highest BCUT2D eigenvalue weighted by Crippen LogP contribution is 2.43. The molecule has 3 nitrogen and oxygen atoms in total. The second kappa shape index (κ2) is 3.89. The Morgan fingerprint density at radius 2 is 1.72 bits per heavy atom. The number of rotatable bonds is 1. The summed E-state index contributed by atoms with van der Waals surface area (Å²) in [6.45, 7) is 0.968. The van der Waals surface area contributed by atoms with Gasteiger partial charge in [-0.15, -0.1) is 0 Å². The molecule has 0 aromatic heterocycles. The summed E-state index contributed by atoms with van der Waals surface area (Å²) < 4.78 is 0. The molecule has 0 radical (unpaired) electrons. The number of hydrazine groups is 1. The number of hydrogen-bond acceptors (Lipinski definition) is 3. The van der Waals surface area contributed by atoms with Crippen molar-refractivity contribution in [2.75, 3.05) is 16.5 Å². The molecule has 3 aliphatic heterocycles. The van der Waals surface area contributed by atoms with Crippen LogP contribution in [0.15, 0.2) is 18.2 Å². The van der Waals surface area contributed by atoms with E-state index in [0.717, 1.165) is 25.0 Å². The number of nitrogens with zero attached hydrogens (tertiary/aromatic N) is 2. The molecule has 1 aromatic carbocycles. The van der Waals surface area contributed by atoms with E-state index in [1.165, 1.54) is 49.0 Å². The van der Waals surface area contributed by atoms with Crippen LogP contribution in [0.4, 0.5) is 11.4 Å². The van der Waals surface area contributed by atoms with Gasteiger partial charge in [-0.1, -0.05) is 6.07 Å². The lowest BCUT2D eigenvalue weighted by Crippen LogP contribution is -2.40. The summed E-state index contributed by atoms with van der Waals surface area (Å²) in [4.78, 5) is 2.72. The van der Waals surface area contributed by atoms with E-state index in [1.54, 1.807) is 0 Å². The van der Waals surface area contributed by atoms with Gasteiger partial charge in [-0.3, -0.25) is 0 Å². The van der Waals surface area contributed by atoms with E-state index < -0.39 is 0 Å². The largest absolute Gasteiger partial charge is 0.365 e. The second-order valence-corrected chi connectivity index (χ2v) is 5.94. The lowest BCUT2D eigenvalue weighted by atomic mass is 9.99. The fraction of sp³-hybridized carbons (Fsp3) is 0.600. The van der Waals surface area contributed by atoms with Crippen LogP contribution >= 0.6 is 0 Å². The first-order valence-corrected chi connectivity index (χ1v) is 7.27. The zero-order valence-corrected chi connectivity index (χ0v) is 10.8. The predicted octanol–water partition coefficient (Wildman–Crippen LogP) is 2.44. The quantitative estimate of drug-likeness (QED) is 0.769. The molecule has 2 fully saturated rings. The average molecular weight is 243 g/mol. The van der Waals surface area contributed by atoms with Crippen LogP contribution in [0, 0.1) is 0 Å². The molecule has 2 unspecified atom stereocenters. The van der Waals surface area contributed by atoms with Crippen LogP contribution in [0.5, 0.6) is 0 Å². The van der Waals surface area contributed by atoms with E-state index >= 15 is 0 Å². The molecule has 3 heteroatoms. The van der Waals surface area contributed by atoms with Crippen molar-refractivity contribution in [3.8, 4) is 0 Å². The van der Waals surface area contributed by atoms with Gasteiger partial charge in [0, 0.05) is 29.9 Å². The number of benzene rings is 1. The van der Waals surface area contributed by atoms with Gasteiger partial charge in [0.2, 0.25) is 0 Å². The van der Waals surface area contributed by atoms with Crippen molar-refractivity contribution in [1.82, 2.24) is 0 Å². The van der Waals surface area contributed by atoms with Crippen molar-refractivity contribution in [2.45, 2.75) is 50.6 Å². The molecule has 96 valence electrons. The third-order valence-corrected chi connectivity index (χ3v) is 5.01. The first-order chi connectivity index (χ1) is 8.84. The van der Waals surface area contributed by atoms with Crippen molar-refractivity contribution < 1.29 is 0 Å². The number of piperidine rings is 1. The summed E-state index contributed by atoms with van der Waals surface area (Å²) in [5, 5.41) is 1.91. The second-order valence-electron chi connectivity index (χ2n) is 5.94. The average Bonchev–Trinajstić information content (AvgIpc) is 2.88. The fourth-order valence-corrected chi connectivity index (χ4v) is 4.19. The van der Waals surface area contributed by atoms with Gasteiger partial charge in [-0.2, -0.15) is 0 Å². The SMILES string of the molecule is NN1CCc2c1cccc2N1C2CCCC1CC2. The predicted molar refractivity (Wildman–Crippen MR) is 74.8 cm³/mol. The zero-order chi connectivity index (χ0) is 12.1. The zero-order valence-electron chi connectivity index (χ0n) is 10.8. The minimum absolute atomic E-state index is 0.794. The summed E-state index contributed by atoms with van der Waals surface area (Å²) >= 11 is 0. The standard InChI is InChI=1S/C15H21N3/c16-17-10-9-13-14(17)5-2-6-15(13)18-11-3-1-4-12(18)8-7-11/h2,5-6,11-12H,1,3-4,7-10,16H2. The third-order valence-electron chi connectivity index (χ3n) is 5.01. The van der Waals surface area contributed by atoms with Crippen LogP contribution in [-0.4, -0.2) is 18.6 Å². The summed E-state index contributed by atoms with van der Waals surface area (Å²) in [5.74, 6) is 6.04. The van der Waals surface area contributed by atoms with Gasteiger partial charge in [0.25, 0.3) is 0 Å². The molecule has 0 spiro atoms. The van der Waals surface area contributed by atoms with Crippen LogP contribution < -0.4 is 15.8 Å². The molecular formula is C15H21N3. The maximum absolute atomic E-state index is 6.04. The van der Waals surface area contributed by atoms with E-state index in [-0.39, 0.29) is 0 Å². The monoisotopic (exact) mass is 243 g/mol. The van der Waals surface area contributed by atoms with Gasteiger partial charge < -0.3 is 9.91 Å². The maximum atomic E-state index is 6.04. The topological polar surface area (TPSA) is 32.5 Å². The van der Waals surface area contributed by atoms with Gasteiger partial charge in [-0.25, -0.2) is 5.84 Å². The van der Waals surface area contributed by atoms with E-state index in [0.29, 0.717) is 0 Å². The van der Waals surface area contributed by atoms with E-state index in [2.05, 4.69) is 23.1 Å².